The molecule has 1 heterocycles. The maximum atomic E-state index is 12.1. The summed E-state index contributed by atoms with van der Waals surface area (Å²) in [6.07, 6.45) is -0.0905. The van der Waals surface area contributed by atoms with Gasteiger partial charge in [-0.2, -0.15) is 0 Å². The Morgan fingerprint density at radius 1 is 1.33 bits per heavy atom. The first-order valence-corrected chi connectivity index (χ1v) is 7.53. The number of hydrogen-bond donors (Lipinski definition) is 2. The van der Waals surface area contributed by atoms with Crippen LogP contribution in [0.3, 0.4) is 0 Å². The molecule has 1 unspecified atom stereocenters. The fourth-order valence-corrected chi connectivity index (χ4v) is 2.98. The number of nitrogen functional groups attached to an aromatic ring is 1. The van der Waals surface area contributed by atoms with Gasteiger partial charge in [-0.25, -0.2) is 0 Å². The third-order valence-electron chi connectivity index (χ3n) is 3.03. The molecule has 1 rings (SSSR count). The van der Waals surface area contributed by atoms with Crippen LogP contribution < -0.4 is 15.8 Å². The van der Waals surface area contributed by atoms with Crippen molar-refractivity contribution in [1.29, 1.82) is 0 Å². The topological polar surface area (TPSA) is 82.8 Å². The Morgan fingerprint density at radius 3 is 2.48 bits per heavy atom. The number of hydrogen-bond acceptors (Lipinski definition) is 7. The zero-order chi connectivity index (χ0) is 16.0. The van der Waals surface area contributed by atoms with Gasteiger partial charge in [-0.3, -0.25) is 4.79 Å². The van der Waals surface area contributed by atoms with Gasteiger partial charge in [0.15, 0.2) is 11.5 Å². The maximum Gasteiger partial charge on any atom is 0.177 e. The summed E-state index contributed by atoms with van der Waals surface area (Å²) in [4.78, 5) is 12.7. The summed E-state index contributed by atoms with van der Waals surface area (Å²) in [6.45, 7) is 4.71. The monoisotopic (exact) mass is 316 g/mol. The van der Waals surface area contributed by atoms with E-state index in [0.717, 1.165) is 5.00 Å². The average molecular weight is 316 g/mol. The van der Waals surface area contributed by atoms with Crippen molar-refractivity contribution in [3.63, 3.8) is 0 Å². The van der Waals surface area contributed by atoms with Gasteiger partial charge in [0.25, 0.3) is 0 Å². The summed E-state index contributed by atoms with van der Waals surface area (Å²) in [5.41, 5.74) is 6.41. The average Bonchev–Trinajstić information content (AvgIpc) is 2.78. The Bertz CT molecular complexity index is 474. The highest BCUT2D eigenvalue weighted by molar-refractivity contribution is 7.19. The second-order valence-corrected chi connectivity index (χ2v) is 5.94. The van der Waals surface area contributed by atoms with Gasteiger partial charge in [0.05, 0.1) is 30.4 Å². The van der Waals surface area contributed by atoms with E-state index in [1.54, 1.807) is 14.2 Å². The van der Waals surface area contributed by atoms with E-state index in [-0.39, 0.29) is 17.8 Å². The van der Waals surface area contributed by atoms with Gasteiger partial charge in [-0.1, -0.05) is 13.8 Å². The van der Waals surface area contributed by atoms with Crippen LogP contribution in [0, 0.1) is 5.92 Å². The predicted octanol–water partition coefficient (Wildman–Crippen LogP) is 2.25. The first-order valence-electron chi connectivity index (χ1n) is 6.72. The molecule has 7 heteroatoms. The first kappa shape index (κ1) is 17.7. The molecule has 0 saturated carbocycles. The molecule has 0 aliphatic carbocycles. The summed E-state index contributed by atoms with van der Waals surface area (Å²) in [5.74, 6) is 0.420. The smallest absolute Gasteiger partial charge is 0.177 e. The molecular formula is C14H24N2O4S. The number of anilines is 2. The number of thiophene rings is 1. The van der Waals surface area contributed by atoms with Crippen LogP contribution in [0.1, 0.15) is 23.5 Å². The molecular weight excluding hydrogens is 292 g/mol. The van der Waals surface area contributed by atoms with Crippen LogP contribution >= 0.6 is 11.3 Å². The van der Waals surface area contributed by atoms with Crippen molar-refractivity contribution in [3.05, 3.63) is 4.88 Å². The van der Waals surface area contributed by atoms with E-state index < -0.39 is 0 Å². The molecule has 0 radical (unpaired) electrons. The molecule has 21 heavy (non-hydrogen) atoms. The number of carbonyl (C=O) groups excluding carboxylic acids is 1. The van der Waals surface area contributed by atoms with Crippen molar-refractivity contribution in [1.82, 2.24) is 0 Å². The van der Waals surface area contributed by atoms with E-state index >= 15 is 0 Å². The van der Waals surface area contributed by atoms with E-state index in [9.17, 15) is 4.79 Å². The highest BCUT2D eigenvalue weighted by Crippen LogP contribution is 2.43. The van der Waals surface area contributed by atoms with Crippen molar-refractivity contribution < 1.29 is 19.0 Å². The molecule has 0 fully saturated rings. The molecule has 0 amide bonds. The molecule has 0 aliphatic rings. The van der Waals surface area contributed by atoms with E-state index in [2.05, 4.69) is 5.32 Å². The Morgan fingerprint density at radius 2 is 2.00 bits per heavy atom. The molecule has 0 saturated heterocycles. The van der Waals surface area contributed by atoms with Gasteiger partial charge in [0.2, 0.25) is 0 Å². The number of carbonyl (C=O) groups is 1. The normalized spacial score (nSPS) is 12.5. The lowest BCUT2D eigenvalue weighted by molar-refractivity contribution is 0.0366. The molecule has 1 aromatic heterocycles. The summed E-state index contributed by atoms with van der Waals surface area (Å²) in [5, 5.41) is 3.94. The highest BCUT2D eigenvalue weighted by atomic mass is 32.1. The lowest BCUT2D eigenvalue weighted by Crippen LogP contribution is -2.26. The van der Waals surface area contributed by atoms with Gasteiger partial charge in [0.1, 0.15) is 5.00 Å². The second kappa shape index (κ2) is 8.21. The standard InChI is InChI=1S/C14H24N2O4S/c1-8(2)11(17)13-10(15)12(20-5)14(21-13)16-6-9(19-4)7-18-3/h8-9,16H,6-7,15H2,1-5H3. The number of ketones is 1. The molecule has 3 N–H and O–H groups in total. The quantitative estimate of drug-likeness (QED) is 0.680. The van der Waals surface area contributed by atoms with Gasteiger partial charge in [-0.05, 0) is 0 Å². The van der Waals surface area contributed by atoms with E-state index in [0.29, 0.717) is 29.5 Å². The highest BCUT2D eigenvalue weighted by Gasteiger charge is 2.23. The third kappa shape index (κ3) is 4.33. The minimum absolute atomic E-state index is 0.0176. The van der Waals surface area contributed by atoms with Gasteiger partial charge >= 0.3 is 0 Å². The molecule has 1 aromatic rings. The second-order valence-electron chi connectivity index (χ2n) is 4.92. The van der Waals surface area contributed by atoms with Crippen LogP contribution in [-0.4, -0.2) is 46.4 Å². The number of ether oxygens (including phenoxy) is 3. The minimum Gasteiger partial charge on any atom is -0.492 e. The number of rotatable bonds is 9. The van der Waals surface area contributed by atoms with Crippen molar-refractivity contribution in [2.24, 2.45) is 5.92 Å². The van der Waals surface area contributed by atoms with Crippen molar-refractivity contribution in [2.75, 3.05) is 45.5 Å². The lowest BCUT2D eigenvalue weighted by atomic mass is 10.1. The number of nitrogens with one attached hydrogen (secondary N) is 1. The van der Waals surface area contributed by atoms with Gasteiger partial charge in [0, 0.05) is 26.7 Å². The van der Waals surface area contributed by atoms with Crippen LogP contribution in [0.4, 0.5) is 10.7 Å². The van der Waals surface area contributed by atoms with Crippen molar-refractivity contribution in [2.45, 2.75) is 20.0 Å². The number of Topliss-reactive ketones (excluding diaryl/α,β-unsaturated/α-hetero) is 1. The maximum absolute atomic E-state index is 12.1. The Hall–Kier alpha value is -1.31. The Balaban J connectivity index is 2.92. The number of nitrogens with two attached hydrogens (primary N) is 1. The summed E-state index contributed by atoms with van der Waals surface area (Å²) >= 11 is 1.31. The molecule has 0 bridgehead atoms. The van der Waals surface area contributed by atoms with Crippen LogP contribution in [0.25, 0.3) is 0 Å². The fraction of sp³-hybridized carbons (Fsp3) is 0.643. The Kier molecular flexibility index (Phi) is 6.94. The molecule has 6 nitrogen and oxygen atoms in total. The van der Waals surface area contributed by atoms with E-state index in [4.69, 9.17) is 19.9 Å². The van der Waals surface area contributed by atoms with Crippen LogP contribution in [0.5, 0.6) is 5.75 Å². The van der Waals surface area contributed by atoms with Crippen molar-refractivity contribution in [3.8, 4) is 5.75 Å². The van der Waals surface area contributed by atoms with Gasteiger partial charge in [-0.15, -0.1) is 11.3 Å². The molecule has 1 atom stereocenters. The van der Waals surface area contributed by atoms with Gasteiger partial charge < -0.3 is 25.3 Å². The molecule has 0 spiro atoms. The molecule has 0 aromatic carbocycles. The Labute approximate surface area is 129 Å². The first-order chi connectivity index (χ1) is 9.96. The molecule has 120 valence electrons. The fourth-order valence-electron chi connectivity index (χ4n) is 1.80. The number of methoxy groups -OCH3 is 3. The van der Waals surface area contributed by atoms with E-state index in [1.807, 2.05) is 13.8 Å². The largest absolute Gasteiger partial charge is 0.492 e. The summed E-state index contributed by atoms with van der Waals surface area (Å²) < 4.78 is 15.7. The van der Waals surface area contributed by atoms with Crippen molar-refractivity contribution >= 4 is 27.8 Å². The predicted molar refractivity (Wildman–Crippen MR) is 85.6 cm³/mol. The van der Waals surface area contributed by atoms with Crippen LogP contribution in [0.15, 0.2) is 0 Å². The summed E-state index contributed by atoms with van der Waals surface area (Å²) in [7, 11) is 4.78. The minimum atomic E-state index is -0.108. The summed E-state index contributed by atoms with van der Waals surface area (Å²) in [6, 6.07) is 0. The SMILES string of the molecule is COCC(CNc1sc(C(=O)C(C)C)c(N)c1OC)OC. The lowest BCUT2D eigenvalue weighted by Gasteiger charge is -2.15. The third-order valence-corrected chi connectivity index (χ3v) is 4.19. The molecule has 0 aliphatic heterocycles. The van der Waals surface area contributed by atoms with E-state index in [1.165, 1.54) is 18.4 Å². The van der Waals surface area contributed by atoms with Crippen LogP contribution in [-0.2, 0) is 9.47 Å². The zero-order valence-electron chi connectivity index (χ0n) is 13.2. The zero-order valence-corrected chi connectivity index (χ0v) is 14.0. The van der Waals surface area contributed by atoms with Crippen LogP contribution in [0.2, 0.25) is 0 Å².